The van der Waals surface area contributed by atoms with Gasteiger partial charge in [-0.2, -0.15) is 0 Å². The van der Waals surface area contributed by atoms with Crippen LogP contribution in [0.1, 0.15) is 11.3 Å². The number of nitro groups is 1. The number of aryl methyl sites for hydroxylation is 1. The number of nitrogens with one attached hydrogen (secondary N) is 1. The van der Waals surface area contributed by atoms with Gasteiger partial charge in [0, 0.05) is 30.4 Å². The van der Waals surface area contributed by atoms with Crippen LogP contribution in [0.5, 0.6) is 0 Å². The molecule has 0 saturated heterocycles. The monoisotopic (exact) mass is 292 g/mol. The van der Waals surface area contributed by atoms with E-state index in [9.17, 15) is 10.1 Å². The van der Waals surface area contributed by atoms with E-state index in [-0.39, 0.29) is 11.0 Å². The summed E-state index contributed by atoms with van der Waals surface area (Å²) in [6.45, 7) is 2.50. The molecule has 0 saturated carbocycles. The molecule has 0 unspecified atom stereocenters. The normalized spacial score (nSPS) is 10.3. The van der Waals surface area contributed by atoms with Gasteiger partial charge in [-0.05, 0) is 30.5 Å². The van der Waals surface area contributed by atoms with E-state index in [0.29, 0.717) is 12.4 Å². The Kier molecular flexibility index (Phi) is 4.47. The number of aromatic nitrogens is 2. The Labute approximate surface area is 121 Å². The summed E-state index contributed by atoms with van der Waals surface area (Å²) in [5.41, 5.74) is 1.91. The smallest absolute Gasteiger partial charge is 0.269 e. The van der Waals surface area contributed by atoms with Crippen LogP contribution in [0.2, 0.25) is 5.28 Å². The van der Waals surface area contributed by atoms with Crippen molar-refractivity contribution < 1.29 is 4.92 Å². The van der Waals surface area contributed by atoms with Crippen molar-refractivity contribution in [2.75, 3.05) is 11.9 Å². The largest absolute Gasteiger partial charge is 0.370 e. The first kappa shape index (κ1) is 14.2. The van der Waals surface area contributed by atoms with Gasteiger partial charge in [-0.3, -0.25) is 10.1 Å². The molecule has 104 valence electrons. The number of hydrogen-bond acceptors (Lipinski definition) is 5. The molecule has 6 nitrogen and oxygen atoms in total. The maximum Gasteiger partial charge on any atom is 0.269 e. The summed E-state index contributed by atoms with van der Waals surface area (Å²) >= 11 is 5.77. The lowest BCUT2D eigenvalue weighted by atomic mass is 10.1. The molecule has 0 aliphatic carbocycles. The molecule has 0 atom stereocenters. The van der Waals surface area contributed by atoms with Gasteiger partial charge in [0.2, 0.25) is 5.28 Å². The number of nitrogens with zero attached hydrogens (tertiary/aromatic N) is 3. The van der Waals surface area contributed by atoms with Crippen LogP contribution in [0, 0.1) is 17.0 Å². The van der Waals surface area contributed by atoms with Crippen LogP contribution in [-0.2, 0) is 6.42 Å². The fourth-order valence-electron chi connectivity index (χ4n) is 1.74. The molecule has 0 spiro atoms. The third kappa shape index (κ3) is 3.89. The van der Waals surface area contributed by atoms with Crippen molar-refractivity contribution in [3.8, 4) is 0 Å². The first-order chi connectivity index (χ1) is 9.54. The third-order valence-electron chi connectivity index (χ3n) is 2.69. The quantitative estimate of drug-likeness (QED) is 0.520. The topological polar surface area (TPSA) is 81.0 Å². The zero-order valence-electron chi connectivity index (χ0n) is 10.8. The molecular formula is C13H13ClN4O2. The second-order valence-corrected chi connectivity index (χ2v) is 4.60. The van der Waals surface area contributed by atoms with E-state index in [1.165, 1.54) is 12.1 Å². The number of rotatable bonds is 5. The van der Waals surface area contributed by atoms with E-state index in [2.05, 4.69) is 15.3 Å². The highest BCUT2D eigenvalue weighted by Gasteiger charge is 2.04. The van der Waals surface area contributed by atoms with Crippen LogP contribution in [0.4, 0.5) is 11.5 Å². The van der Waals surface area contributed by atoms with Gasteiger partial charge >= 0.3 is 0 Å². The first-order valence-corrected chi connectivity index (χ1v) is 6.41. The molecule has 1 heterocycles. The van der Waals surface area contributed by atoms with E-state index >= 15 is 0 Å². The van der Waals surface area contributed by atoms with Gasteiger partial charge in [0.15, 0.2) is 0 Å². The summed E-state index contributed by atoms with van der Waals surface area (Å²) in [5.74, 6) is 0.671. The highest BCUT2D eigenvalue weighted by molar-refractivity contribution is 6.28. The second kappa shape index (κ2) is 6.29. The Morgan fingerprint density at radius 1 is 1.30 bits per heavy atom. The van der Waals surface area contributed by atoms with E-state index < -0.39 is 4.92 Å². The number of non-ortho nitro benzene ring substituents is 1. The number of anilines is 1. The van der Waals surface area contributed by atoms with Crippen LogP contribution in [-0.4, -0.2) is 21.4 Å². The Bertz CT molecular complexity index is 596. The number of halogens is 1. The van der Waals surface area contributed by atoms with Gasteiger partial charge < -0.3 is 5.32 Å². The molecule has 1 N–H and O–H groups in total. The molecule has 0 radical (unpaired) electrons. The number of nitro benzene ring substituents is 1. The molecule has 1 aromatic heterocycles. The summed E-state index contributed by atoms with van der Waals surface area (Å²) in [4.78, 5) is 18.2. The van der Waals surface area contributed by atoms with Crippen LogP contribution < -0.4 is 5.32 Å². The lowest BCUT2D eigenvalue weighted by Gasteiger charge is -2.06. The van der Waals surface area contributed by atoms with E-state index in [0.717, 1.165) is 17.7 Å². The van der Waals surface area contributed by atoms with Gasteiger partial charge in [-0.25, -0.2) is 9.97 Å². The maximum absolute atomic E-state index is 10.5. The summed E-state index contributed by atoms with van der Waals surface area (Å²) in [7, 11) is 0. The summed E-state index contributed by atoms with van der Waals surface area (Å²) in [6, 6.07) is 8.31. The highest BCUT2D eigenvalue weighted by atomic mass is 35.5. The fraction of sp³-hybridized carbons (Fsp3) is 0.231. The summed E-state index contributed by atoms with van der Waals surface area (Å²) in [5, 5.41) is 13.9. The molecular weight excluding hydrogens is 280 g/mol. The Morgan fingerprint density at radius 3 is 2.60 bits per heavy atom. The van der Waals surface area contributed by atoms with Crippen molar-refractivity contribution in [3.63, 3.8) is 0 Å². The second-order valence-electron chi connectivity index (χ2n) is 4.26. The van der Waals surface area contributed by atoms with Crippen LogP contribution >= 0.6 is 11.6 Å². The van der Waals surface area contributed by atoms with Crippen LogP contribution in [0.25, 0.3) is 0 Å². The Morgan fingerprint density at radius 2 is 2.00 bits per heavy atom. The average molecular weight is 293 g/mol. The molecule has 7 heteroatoms. The van der Waals surface area contributed by atoms with Gasteiger partial charge in [0.1, 0.15) is 5.82 Å². The Balaban J connectivity index is 1.90. The lowest BCUT2D eigenvalue weighted by molar-refractivity contribution is -0.384. The van der Waals surface area contributed by atoms with Crippen molar-refractivity contribution in [1.82, 2.24) is 9.97 Å². The Hall–Kier alpha value is -2.21. The minimum atomic E-state index is -0.409. The van der Waals surface area contributed by atoms with Crippen molar-refractivity contribution in [3.05, 3.63) is 57.0 Å². The molecule has 0 amide bonds. The van der Waals surface area contributed by atoms with Gasteiger partial charge in [-0.15, -0.1) is 0 Å². The molecule has 0 aliphatic rings. The number of benzene rings is 1. The third-order valence-corrected chi connectivity index (χ3v) is 2.86. The fourth-order valence-corrected chi connectivity index (χ4v) is 1.97. The summed E-state index contributed by atoms with van der Waals surface area (Å²) in [6.07, 6.45) is 0.735. The number of hydrogen-bond donors (Lipinski definition) is 1. The molecule has 20 heavy (non-hydrogen) atoms. The molecule has 0 bridgehead atoms. The molecule has 1 aromatic carbocycles. The predicted octanol–water partition coefficient (Wildman–Crippen LogP) is 3.00. The maximum atomic E-state index is 10.5. The van der Waals surface area contributed by atoms with Crippen molar-refractivity contribution in [2.45, 2.75) is 13.3 Å². The van der Waals surface area contributed by atoms with E-state index in [1.807, 2.05) is 13.0 Å². The minimum Gasteiger partial charge on any atom is -0.370 e. The SMILES string of the molecule is Cc1cc(NCCc2ccc([N+](=O)[O-])cc2)nc(Cl)n1. The van der Waals surface area contributed by atoms with Gasteiger partial charge in [0.25, 0.3) is 5.69 Å². The van der Waals surface area contributed by atoms with Crippen LogP contribution in [0.15, 0.2) is 30.3 Å². The van der Waals surface area contributed by atoms with E-state index in [4.69, 9.17) is 11.6 Å². The predicted molar refractivity (Wildman–Crippen MR) is 77.1 cm³/mol. The van der Waals surface area contributed by atoms with Gasteiger partial charge in [0.05, 0.1) is 4.92 Å². The first-order valence-electron chi connectivity index (χ1n) is 6.03. The van der Waals surface area contributed by atoms with Crippen molar-refractivity contribution in [2.24, 2.45) is 0 Å². The van der Waals surface area contributed by atoms with Crippen LogP contribution in [0.3, 0.4) is 0 Å². The van der Waals surface area contributed by atoms with E-state index in [1.54, 1.807) is 12.1 Å². The highest BCUT2D eigenvalue weighted by Crippen LogP contribution is 2.13. The zero-order valence-corrected chi connectivity index (χ0v) is 11.6. The molecule has 0 aliphatic heterocycles. The average Bonchev–Trinajstić information content (AvgIpc) is 2.38. The van der Waals surface area contributed by atoms with Gasteiger partial charge in [-0.1, -0.05) is 12.1 Å². The van der Waals surface area contributed by atoms with Crippen molar-refractivity contribution >= 4 is 23.1 Å². The lowest BCUT2D eigenvalue weighted by Crippen LogP contribution is -2.07. The molecule has 0 fully saturated rings. The minimum absolute atomic E-state index is 0.0971. The molecule has 2 aromatic rings. The standard InChI is InChI=1S/C13H13ClN4O2/c1-9-8-12(17-13(14)16-9)15-7-6-10-2-4-11(5-3-10)18(19)20/h2-5,8H,6-7H2,1H3,(H,15,16,17). The zero-order chi connectivity index (χ0) is 14.5. The molecule has 2 rings (SSSR count). The van der Waals surface area contributed by atoms with Crippen molar-refractivity contribution in [1.29, 1.82) is 0 Å². The summed E-state index contributed by atoms with van der Waals surface area (Å²) < 4.78 is 0.